The fourth-order valence-electron chi connectivity index (χ4n) is 2.26. The highest BCUT2D eigenvalue weighted by Crippen LogP contribution is 2.29. The number of alkyl halides is 2. The summed E-state index contributed by atoms with van der Waals surface area (Å²) < 4.78 is 32.2. The van der Waals surface area contributed by atoms with Gasteiger partial charge in [0.05, 0.1) is 18.1 Å². The second-order valence-electron chi connectivity index (χ2n) is 5.41. The first kappa shape index (κ1) is 17.0. The zero-order valence-corrected chi connectivity index (χ0v) is 13.1. The summed E-state index contributed by atoms with van der Waals surface area (Å²) in [6.07, 6.45) is -1.28. The van der Waals surface area contributed by atoms with Crippen LogP contribution in [0.2, 0.25) is 0 Å². The van der Waals surface area contributed by atoms with Crippen molar-refractivity contribution in [3.63, 3.8) is 0 Å². The summed E-state index contributed by atoms with van der Waals surface area (Å²) in [5, 5.41) is 8.78. The lowest BCUT2D eigenvalue weighted by Gasteiger charge is -2.18. The Hall–Kier alpha value is -2.41. The Labute approximate surface area is 135 Å². The summed E-state index contributed by atoms with van der Waals surface area (Å²) in [6.45, 7) is 1.97. The number of rotatable bonds is 7. The molecular weight excluding hydrogens is 296 g/mol. The molecular formula is C19H19F2NO. The van der Waals surface area contributed by atoms with Crippen LogP contribution in [0.15, 0.2) is 48.5 Å². The van der Waals surface area contributed by atoms with Gasteiger partial charge in [0.2, 0.25) is 0 Å². The summed E-state index contributed by atoms with van der Waals surface area (Å²) in [5.41, 5.74) is 2.39. The van der Waals surface area contributed by atoms with E-state index in [0.717, 1.165) is 24.0 Å². The molecule has 0 saturated carbocycles. The molecule has 0 fully saturated rings. The highest BCUT2D eigenvalue weighted by atomic mass is 19.3. The van der Waals surface area contributed by atoms with E-state index in [-0.39, 0.29) is 12.2 Å². The minimum atomic E-state index is -3.13. The number of halogens is 2. The number of hydrogen-bond acceptors (Lipinski definition) is 2. The van der Waals surface area contributed by atoms with E-state index in [1.54, 1.807) is 36.4 Å². The van der Waals surface area contributed by atoms with E-state index in [1.807, 2.05) is 19.1 Å². The first-order chi connectivity index (χ1) is 11.0. The number of hydrogen-bond donors (Lipinski definition) is 0. The Bertz CT molecular complexity index is 657. The first-order valence-corrected chi connectivity index (χ1v) is 7.71. The Balaban J connectivity index is 2.02. The zero-order chi connectivity index (χ0) is 16.7. The molecule has 0 saturated heterocycles. The van der Waals surface area contributed by atoms with Crippen LogP contribution in [0.5, 0.6) is 5.75 Å². The van der Waals surface area contributed by atoms with E-state index < -0.39 is 6.11 Å². The molecule has 2 nitrogen and oxygen atoms in total. The van der Waals surface area contributed by atoms with Gasteiger partial charge in [-0.15, -0.1) is 0 Å². The van der Waals surface area contributed by atoms with Crippen LogP contribution in [0.4, 0.5) is 8.78 Å². The van der Waals surface area contributed by atoms with Crippen molar-refractivity contribution in [3.8, 4) is 22.9 Å². The predicted octanol–water partition coefficient (Wildman–Crippen LogP) is 5.78. The zero-order valence-electron chi connectivity index (χ0n) is 13.1. The minimum Gasteiger partial charge on any atom is -0.433 e. The van der Waals surface area contributed by atoms with Crippen molar-refractivity contribution >= 4 is 0 Å². The van der Waals surface area contributed by atoms with Crippen LogP contribution in [0, 0.1) is 11.3 Å². The maximum atomic E-state index is 13.7. The van der Waals surface area contributed by atoms with E-state index in [9.17, 15) is 8.78 Å². The molecule has 0 aromatic heterocycles. The normalized spacial score (nSPS) is 11.0. The van der Waals surface area contributed by atoms with Crippen molar-refractivity contribution in [2.24, 2.45) is 0 Å². The average Bonchev–Trinajstić information content (AvgIpc) is 2.55. The molecule has 120 valence electrons. The van der Waals surface area contributed by atoms with Crippen molar-refractivity contribution in [3.05, 3.63) is 54.1 Å². The van der Waals surface area contributed by atoms with Gasteiger partial charge < -0.3 is 4.74 Å². The minimum absolute atomic E-state index is 0.156. The van der Waals surface area contributed by atoms with Crippen LogP contribution in [0.1, 0.15) is 38.2 Å². The van der Waals surface area contributed by atoms with E-state index in [0.29, 0.717) is 12.0 Å². The molecule has 0 bridgehead atoms. The molecule has 0 amide bonds. The lowest BCUT2D eigenvalue weighted by atomic mass is 10.0. The summed E-state index contributed by atoms with van der Waals surface area (Å²) in [4.78, 5) is 0. The van der Waals surface area contributed by atoms with Crippen LogP contribution in [-0.4, -0.2) is 6.11 Å². The number of nitrogens with zero attached hydrogens (tertiary/aromatic N) is 1. The van der Waals surface area contributed by atoms with E-state index >= 15 is 0 Å². The van der Waals surface area contributed by atoms with E-state index in [4.69, 9.17) is 10.00 Å². The molecule has 0 N–H and O–H groups in total. The Kier molecular flexibility index (Phi) is 5.70. The topological polar surface area (TPSA) is 33.0 Å². The Morgan fingerprint density at radius 1 is 0.957 bits per heavy atom. The second kappa shape index (κ2) is 7.73. The van der Waals surface area contributed by atoms with Crippen molar-refractivity contribution in [2.45, 2.75) is 38.7 Å². The molecule has 0 atom stereocenters. The monoisotopic (exact) mass is 315 g/mol. The van der Waals surface area contributed by atoms with Crippen molar-refractivity contribution in [1.82, 2.24) is 0 Å². The van der Waals surface area contributed by atoms with Crippen LogP contribution in [-0.2, 0) is 0 Å². The van der Waals surface area contributed by atoms with Gasteiger partial charge in [0, 0.05) is 0 Å². The molecule has 4 heteroatoms. The molecule has 0 aliphatic carbocycles. The molecule has 0 radical (unpaired) electrons. The Morgan fingerprint density at radius 3 is 2.04 bits per heavy atom. The molecule has 2 aromatic rings. The quantitative estimate of drug-likeness (QED) is 0.607. The van der Waals surface area contributed by atoms with Crippen molar-refractivity contribution < 1.29 is 13.5 Å². The molecule has 0 spiro atoms. The summed E-state index contributed by atoms with van der Waals surface area (Å²) >= 11 is 0. The van der Waals surface area contributed by atoms with Gasteiger partial charge in [0.25, 0.3) is 0 Å². The predicted molar refractivity (Wildman–Crippen MR) is 86.3 cm³/mol. The highest BCUT2D eigenvalue weighted by Gasteiger charge is 2.30. The van der Waals surface area contributed by atoms with Crippen molar-refractivity contribution in [1.29, 1.82) is 5.26 Å². The summed E-state index contributed by atoms with van der Waals surface area (Å²) in [6, 6.07) is 15.7. The molecule has 0 heterocycles. The standard InChI is InChI=1S/C19H19F2NO/c1-2-3-4-13-19(20,21)23-18-11-9-17(10-12-18)16-7-5-15(14-22)6-8-16/h5-12H,2-4,13H2,1H3. The summed E-state index contributed by atoms with van der Waals surface area (Å²) in [5.74, 6) is 0.156. The average molecular weight is 315 g/mol. The number of ether oxygens (including phenoxy) is 1. The smallest absolute Gasteiger partial charge is 0.397 e. The fraction of sp³-hybridized carbons (Fsp3) is 0.316. The van der Waals surface area contributed by atoms with Gasteiger partial charge in [-0.05, 0) is 41.8 Å². The van der Waals surface area contributed by atoms with Crippen LogP contribution in [0.25, 0.3) is 11.1 Å². The molecule has 2 aromatic carbocycles. The van der Waals surface area contributed by atoms with Crippen LogP contribution >= 0.6 is 0 Å². The maximum Gasteiger partial charge on any atom is 0.397 e. The lowest BCUT2D eigenvalue weighted by molar-refractivity contribution is -0.181. The van der Waals surface area contributed by atoms with Gasteiger partial charge in [0.15, 0.2) is 0 Å². The van der Waals surface area contributed by atoms with E-state index in [1.165, 1.54) is 0 Å². The Morgan fingerprint density at radius 2 is 1.52 bits per heavy atom. The first-order valence-electron chi connectivity index (χ1n) is 7.71. The number of nitriles is 1. The van der Waals surface area contributed by atoms with Crippen LogP contribution < -0.4 is 4.74 Å². The van der Waals surface area contributed by atoms with Crippen molar-refractivity contribution in [2.75, 3.05) is 0 Å². The third-order valence-electron chi connectivity index (χ3n) is 3.54. The van der Waals surface area contributed by atoms with Gasteiger partial charge in [-0.1, -0.05) is 44.0 Å². The largest absolute Gasteiger partial charge is 0.433 e. The second-order valence-corrected chi connectivity index (χ2v) is 5.41. The van der Waals surface area contributed by atoms with Crippen LogP contribution in [0.3, 0.4) is 0 Å². The third-order valence-corrected chi connectivity index (χ3v) is 3.54. The van der Waals surface area contributed by atoms with Gasteiger partial charge in [-0.2, -0.15) is 14.0 Å². The fourth-order valence-corrected chi connectivity index (χ4v) is 2.26. The van der Waals surface area contributed by atoms with E-state index in [2.05, 4.69) is 6.07 Å². The number of benzene rings is 2. The molecule has 2 rings (SSSR count). The maximum absolute atomic E-state index is 13.7. The molecule has 23 heavy (non-hydrogen) atoms. The summed E-state index contributed by atoms with van der Waals surface area (Å²) in [7, 11) is 0. The highest BCUT2D eigenvalue weighted by molar-refractivity contribution is 5.64. The van der Waals surface area contributed by atoms with Gasteiger partial charge in [-0.3, -0.25) is 0 Å². The lowest BCUT2D eigenvalue weighted by Crippen LogP contribution is -2.24. The third kappa shape index (κ3) is 5.07. The molecule has 0 aliphatic rings. The van der Waals surface area contributed by atoms with Gasteiger partial charge in [-0.25, -0.2) is 0 Å². The molecule has 0 aliphatic heterocycles. The van der Waals surface area contributed by atoms with Gasteiger partial charge >= 0.3 is 6.11 Å². The molecule has 0 unspecified atom stereocenters. The van der Waals surface area contributed by atoms with Gasteiger partial charge in [0.1, 0.15) is 5.75 Å². The number of unbranched alkanes of at least 4 members (excludes halogenated alkanes) is 2. The SMILES string of the molecule is CCCCCC(F)(F)Oc1ccc(-c2ccc(C#N)cc2)cc1.